The van der Waals surface area contributed by atoms with Crippen molar-refractivity contribution < 1.29 is 0 Å². The number of aryl methyl sites for hydroxylation is 2. The molecule has 1 rings (SSSR count). The Morgan fingerprint density at radius 1 is 1.00 bits per heavy atom. The lowest BCUT2D eigenvalue weighted by Gasteiger charge is -2.16. The molecule has 0 heterocycles. The number of hydrazine groups is 1. The maximum Gasteiger partial charge on any atom is 0.0250 e. The quantitative estimate of drug-likeness (QED) is 0.377. The summed E-state index contributed by atoms with van der Waals surface area (Å²) in [6, 6.07) is 7.14. The molecule has 3 N–H and O–H groups in total. The van der Waals surface area contributed by atoms with Gasteiger partial charge in [0.05, 0.1) is 0 Å². The van der Waals surface area contributed by atoms with Crippen LogP contribution in [0, 0.1) is 13.8 Å². The Morgan fingerprint density at radius 3 is 2.35 bits per heavy atom. The molecule has 0 saturated carbocycles. The Morgan fingerprint density at radius 2 is 1.70 bits per heavy atom. The molecule has 1 atom stereocenters. The van der Waals surface area contributed by atoms with Crippen LogP contribution >= 0.6 is 0 Å². The first-order valence-electron chi connectivity index (χ1n) is 8.19. The minimum atomic E-state index is 0.406. The Kier molecular flexibility index (Phi) is 8.56. The summed E-state index contributed by atoms with van der Waals surface area (Å²) in [7, 11) is 0. The summed E-state index contributed by atoms with van der Waals surface area (Å²) in [6.45, 7) is 6.60. The van der Waals surface area contributed by atoms with Crippen molar-refractivity contribution in [3.63, 3.8) is 0 Å². The van der Waals surface area contributed by atoms with E-state index in [2.05, 4.69) is 44.4 Å². The number of nitrogens with one attached hydrogen (secondary N) is 1. The van der Waals surface area contributed by atoms with Crippen LogP contribution in [0.2, 0.25) is 0 Å². The van der Waals surface area contributed by atoms with E-state index in [1.165, 1.54) is 61.6 Å². The van der Waals surface area contributed by atoms with Crippen LogP contribution in [0.5, 0.6) is 0 Å². The summed E-state index contributed by atoms with van der Waals surface area (Å²) in [5.74, 6) is 5.70. The first kappa shape index (κ1) is 17.2. The number of hydrogen-bond acceptors (Lipinski definition) is 2. The lowest BCUT2D eigenvalue weighted by molar-refractivity contribution is 0.459. The van der Waals surface area contributed by atoms with Crippen molar-refractivity contribution in [2.75, 3.05) is 0 Å². The zero-order valence-corrected chi connectivity index (χ0v) is 13.5. The van der Waals surface area contributed by atoms with Crippen molar-refractivity contribution in [3.05, 3.63) is 34.9 Å². The predicted octanol–water partition coefficient (Wildman–Crippen LogP) is 4.43. The second-order valence-electron chi connectivity index (χ2n) is 6.04. The van der Waals surface area contributed by atoms with Crippen molar-refractivity contribution >= 4 is 0 Å². The van der Waals surface area contributed by atoms with Crippen LogP contribution in [0.4, 0.5) is 0 Å². The van der Waals surface area contributed by atoms with Gasteiger partial charge in [0.2, 0.25) is 0 Å². The monoisotopic (exact) mass is 276 g/mol. The second-order valence-corrected chi connectivity index (χ2v) is 6.04. The van der Waals surface area contributed by atoms with Gasteiger partial charge in [-0.25, -0.2) is 0 Å². The molecular weight excluding hydrogens is 244 g/mol. The fourth-order valence-electron chi connectivity index (χ4n) is 2.63. The maximum absolute atomic E-state index is 5.70. The smallest absolute Gasteiger partial charge is 0.0250 e. The topological polar surface area (TPSA) is 38.0 Å². The first-order valence-corrected chi connectivity index (χ1v) is 8.19. The Balaban J connectivity index is 2.29. The van der Waals surface area contributed by atoms with Crippen LogP contribution in [0.3, 0.4) is 0 Å². The number of rotatable bonds is 10. The lowest BCUT2D eigenvalue weighted by atomic mass is 9.97. The van der Waals surface area contributed by atoms with Crippen LogP contribution in [0.1, 0.15) is 68.6 Å². The van der Waals surface area contributed by atoms with Gasteiger partial charge in [0, 0.05) is 6.04 Å². The third-order valence-corrected chi connectivity index (χ3v) is 4.20. The van der Waals surface area contributed by atoms with Crippen LogP contribution in [0.25, 0.3) is 0 Å². The van der Waals surface area contributed by atoms with Gasteiger partial charge >= 0.3 is 0 Å². The Labute approximate surface area is 125 Å². The van der Waals surface area contributed by atoms with E-state index in [0.29, 0.717) is 6.04 Å². The number of hydrogen-bond donors (Lipinski definition) is 2. The molecule has 0 aliphatic heterocycles. The molecular formula is C18H32N2. The van der Waals surface area contributed by atoms with Gasteiger partial charge in [-0.2, -0.15) is 0 Å². The normalized spacial score (nSPS) is 12.6. The van der Waals surface area contributed by atoms with Crippen molar-refractivity contribution in [1.29, 1.82) is 0 Å². The summed E-state index contributed by atoms with van der Waals surface area (Å²) in [5, 5.41) is 0. The van der Waals surface area contributed by atoms with E-state index in [0.717, 1.165) is 6.42 Å². The molecule has 1 unspecified atom stereocenters. The molecule has 0 spiro atoms. The fraction of sp³-hybridized carbons (Fsp3) is 0.667. The summed E-state index contributed by atoms with van der Waals surface area (Å²) < 4.78 is 0. The molecule has 0 aromatic heterocycles. The van der Waals surface area contributed by atoms with E-state index in [-0.39, 0.29) is 0 Å². The highest BCUT2D eigenvalue weighted by Crippen LogP contribution is 2.14. The van der Waals surface area contributed by atoms with E-state index in [9.17, 15) is 0 Å². The molecule has 0 saturated heterocycles. The third kappa shape index (κ3) is 6.53. The van der Waals surface area contributed by atoms with Gasteiger partial charge in [-0.1, -0.05) is 63.6 Å². The number of unbranched alkanes of at least 4 members (excludes halogenated alkanes) is 5. The average Bonchev–Trinajstić information content (AvgIpc) is 2.45. The van der Waals surface area contributed by atoms with E-state index >= 15 is 0 Å². The summed E-state index contributed by atoms with van der Waals surface area (Å²) >= 11 is 0. The van der Waals surface area contributed by atoms with Crippen molar-refractivity contribution in [1.82, 2.24) is 5.43 Å². The molecule has 1 aromatic carbocycles. The van der Waals surface area contributed by atoms with Crippen LogP contribution < -0.4 is 11.3 Å². The van der Waals surface area contributed by atoms with Crippen molar-refractivity contribution in [2.24, 2.45) is 5.84 Å². The van der Waals surface area contributed by atoms with Gasteiger partial charge in [-0.3, -0.25) is 11.3 Å². The van der Waals surface area contributed by atoms with E-state index in [1.807, 2.05) is 0 Å². The Bertz CT molecular complexity index is 374. The molecule has 20 heavy (non-hydrogen) atoms. The maximum atomic E-state index is 5.70. The van der Waals surface area contributed by atoms with Crippen LogP contribution in [-0.2, 0) is 6.42 Å². The van der Waals surface area contributed by atoms with Gasteiger partial charge < -0.3 is 0 Å². The lowest BCUT2D eigenvalue weighted by Crippen LogP contribution is -2.36. The third-order valence-electron chi connectivity index (χ3n) is 4.20. The van der Waals surface area contributed by atoms with Gasteiger partial charge in [-0.15, -0.1) is 0 Å². The molecule has 2 nitrogen and oxygen atoms in total. The summed E-state index contributed by atoms with van der Waals surface area (Å²) in [5.41, 5.74) is 7.11. The van der Waals surface area contributed by atoms with Gasteiger partial charge in [0.1, 0.15) is 0 Å². The van der Waals surface area contributed by atoms with E-state index < -0.39 is 0 Å². The second kappa shape index (κ2) is 9.95. The largest absolute Gasteiger partial charge is 0.271 e. The zero-order chi connectivity index (χ0) is 14.8. The predicted molar refractivity (Wildman–Crippen MR) is 88.7 cm³/mol. The Hall–Kier alpha value is -0.860. The zero-order valence-electron chi connectivity index (χ0n) is 13.5. The van der Waals surface area contributed by atoms with Gasteiger partial charge in [0.25, 0.3) is 0 Å². The number of benzene rings is 1. The minimum absolute atomic E-state index is 0.406. The highest BCUT2D eigenvalue weighted by atomic mass is 15.2. The molecule has 2 heteroatoms. The highest BCUT2D eigenvalue weighted by Gasteiger charge is 2.08. The summed E-state index contributed by atoms with van der Waals surface area (Å²) in [4.78, 5) is 0. The van der Waals surface area contributed by atoms with Gasteiger partial charge in [0.15, 0.2) is 0 Å². The standard InChI is InChI=1S/C18H32N2/c1-4-5-6-7-8-9-10-18(20-19)14-17-12-11-15(2)16(3)13-17/h11-13,18,20H,4-10,14,19H2,1-3H3. The molecule has 0 bridgehead atoms. The van der Waals surface area contributed by atoms with E-state index in [4.69, 9.17) is 5.84 Å². The molecule has 0 radical (unpaired) electrons. The van der Waals surface area contributed by atoms with Crippen LogP contribution in [0.15, 0.2) is 18.2 Å². The molecule has 1 aromatic rings. The summed E-state index contributed by atoms with van der Waals surface area (Å²) in [6.07, 6.45) is 10.3. The van der Waals surface area contributed by atoms with Gasteiger partial charge in [-0.05, 0) is 43.4 Å². The van der Waals surface area contributed by atoms with Crippen molar-refractivity contribution in [2.45, 2.75) is 78.2 Å². The molecule has 0 amide bonds. The van der Waals surface area contributed by atoms with E-state index in [1.54, 1.807) is 0 Å². The molecule has 114 valence electrons. The number of nitrogens with two attached hydrogens (primary N) is 1. The highest BCUT2D eigenvalue weighted by molar-refractivity contribution is 5.30. The SMILES string of the molecule is CCCCCCCCC(Cc1ccc(C)c(C)c1)NN. The molecule has 0 aliphatic carbocycles. The molecule has 0 fully saturated rings. The average molecular weight is 276 g/mol. The fourth-order valence-corrected chi connectivity index (χ4v) is 2.63. The van der Waals surface area contributed by atoms with Crippen molar-refractivity contribution in [3.8, 4) is 0 Å². The first-order chi connectivity index (χ1) is 9.67. The molecule has 0 aliphatic rings. The minimum Gasteiger partial charge on any atom is -0.271 e. The van der Waals surface area contributed by atoms with Crippen LogP contribution in [-0.4, -0.2) is 6.04 Å².